The van der Waals surface area contributed by atoms with E-state index in [1.165, 1.54) is 45.3 Å². The van der Waals surface area contributed by atoms with E-state index in [4.69, 9.17) is 10.5 Å². The fourth-order valence-corrected chi connectivity index (χ4v) is 4.14. The molecule has 2 rings (SSSR count). The van der Waals surface area contributed by atoms with Crippen LogP contribution in [-0.4, -0.2) is 28.8 Å². The van der Waals surface area contributed by atoms with E-state index in [0.29, 0.717) is 24.4 Å². The number of ether oxygens (including phenoxy) is 1. The summed E-state index contributed by atoms with van der Waals surface area (Å²) in [7, 11) is 1.48. The van der Waals surface area contributed by atoms with E-state index in [1.54, 1.807) is 30.5 Å². The molecule has 0 unspecified atom stereocenters. The van der Waals surface area contributed by atoms with Crippen LogP contribution in [0, 0.1) is 5.92 Å². The number of benzene rings is 1. The summed E-state index contributed by atoms with van der Waals surface area (Å²) in [5, 5.41) is 10.2. The van der Waals surface area contributed by atoms with Gasteiger partial charge in [-0.3, -0.25) is 9.59 Å². The topological polar surface area (TPSA) is 103 Å². The Kier molecular flexibility index (Phi) is 12.7. The molecule has 0 radical (unpaired) electrons. The van der Waals surface area contributed by atoms with Crippen molar-refractivity contribution in [1.82, 2.24) is 4.98 Å². The van der Waals surface area contributed by atoms with Crippen LogP contribution in [0.15, 0.2) is 36.5 Å². The van der Waals surface area contributed by atoms with Gasteiger partial charge in [0, 0.05) is 12.6 Å². The Labute approximate surface area is 216 Å². The normalized spacial score (nSPS) is 11.3. The first kappa shape index (κ1) is 29.1. The lowest BCUT2D eigenvalue weighted by Gasteiger charge is -2.11. The molecule has 1 heterocycles. The van der Waals surface area contributed by atoms with Crippen LogP contribution in [0.3, 0.4) is 0 Å². The summed E-state index contributed by atoms with van der Waals surface area (Å²) in [6, 6.07) is 6.89. The number of hydrogen-bond acceptors (Lipinski definition) is 6. The highest BCUT2D eigenvalue weighted by atomic mass is 16.5. The Morgan fingerprint density at radius 3 is 2.39 bits per heavy atom. The van der Waals surface area contributed by atoms with Crippen LogP contribution in [0.4, 0.5) is 5.82 Å². The number of rotatable bonds is 17. The zero-order valence-electron chi connectivity index (χ0n) is 22.1. The Hall–Kier alpha value is -3.15. The summed E-state index contributed by atoms with van der Waals surface area (Å²) >= 11 is 0. The highest BCUT2D eigenvalue weighted by Crippen LogP contribution is 2.31. The third-order valence-electron chi connectivity index (χ3n) is 6.24. The minimum atomic E-state index is -0.225. The molecule has 0 aliphatic carbocycles. The maximum Gasteiger partial charge on any atom is 0.163 e. The van der Waals surface area contributed by atoms with Crippen molar-refractivity contribution in [2.24, 2.45) is 5.92 Å². The number of aromatic nitrogens is 1. The van der Waals surface area contributed by atoms with Gasteiger partial charge in [-0.2, -0.15) is 0 Å². The highest BCUT2D eigenvalue weighted by Gasteiger charge is 2.11. The van der Waals surface area contributed by atoms with Crippen molar-refractivity contribution in [1.29, 1.82) is 0 Å². The van der Waals surface area contributed by atoms with Crippen molar-refractivity contribution in [3.8, 4) is 11.5 Å². The second-order valence-electron chi connectivity index (χ2n) is 9.91. The van der Waals surface area contributed by atoms with Gasteiger partial charge in [-0.05, 0) is 59.7 Å². The number of unbranched alkanes of at least 4 members (excludes halogenated alkanes) is 6. The molecule has 36 heavy (non-hydrogen) atoms. The zero-order valence-corrected chi connectivity index (χ0v) is 22.1. The maximum atomic E-state index is 12.4. The van der Waals surface area contributed by atoms with E-state index >= 15 is 0 Å². The fraction of sp³-hybridized carbons (Fsp3) is 0.500. The summed E-state index contributed by atoms with van der Waals surface area (Å²) in [6.07, 6.45) is 15.1. The molecule has 0 aliphatic heterocycles. The van der Waals surface area contributed by atoms with Gasteiger partial charge in [-0.15, -0.1) is 0 Å². The van der Waals surface area contributed by atoms with Crippen LogP contribution < -0.4 is 10.5 Å². The van der Waals surface area contributed by atoms with E-state index < -0.39 is 0 Å². The van der Waals surface area contributed by atoms with Crippen molar-refractivity contribution in [2.75, 3.05) is 12.8 Å². The molecule has 6 nitrogen and oxygen atoms in total. The second-order valence-corrected chi connectivity index (χ2v) is 9.91. The molecule has 1 aromatic heterocycles. The average molecular weight is 495 g/mol. The minimum Gasteiger partial charge on any atom is -0.504 e. The van der Waals surface area contributed by atoms with Crippen LogP contribution in [0.2, 0.25) is 0 Å². The van der Waals surface area contributed by atoms with Gasteiger partial charge >= 0.3 is 0 Å². The summed E-state index contributed by atoms with van der Waals surface area (Å²) in [4.78, 5) is 28.8. The molecule has 0 fully saturated rings. The van der Waals surface area contributed by atoms with Gasteiger partial charge < -0.3 is 15.6 Å². The number of allylic oxidation sites excluding steroid dienone is 1. The first-order valence-corrected chi connectivity index (χ1v) is 13.1. The number of hydrogen-bond donors (Lipinski definition) is 2. The summed E-state index contributed by atoms with van der Waals surface area (Å²) < 4.78 is 5.23. The first-order valence-electron chi connectivity index (χ1n) is 13.1. The number of phenols is 1. The number of anilines is 1. The molecule has 0 saturated carbocycles. The standard InChI is InChI=1S/C30H42N2O4/c1-22(2)11-9-7-5-4-6-8-10-12-26(33)20-27(34)15-14-24-19-29(36-3)28(35)18-25(24)17-23-13-16-30(31)32-21-23/h13-16,18-19,21-22,35H,4-12,17,20H2,1-3H3,(H2,31,32). The van der Waals surface area contributed by atoms with E-state index in [1.807, 2.05) is 6.07 Å². The molecule has 0 spiro atoms. The average Bonchev–Trinajstić information content (AvgIpc) is 2.83. The predicted octanol–water partition coefficient (Wildman–Crippen LogP) is 6.68. The van der Waals surface area contributed by atoms with Crippen LogP contribution in [0.5, 0.6) is 11.5 Å². The fourth-order valence-electron chi connectivity index (χ4n) is 4.14. The van der Waals surface area contributed by atoms with Gasteiger partial charge in [-0.1, -0.05) is 70.9 Å². The number of methoxy groups -OCH3 is 1. The molecule has 2 aromatic rings. The Morgan fingerprint density at radius 1 is 1.06 bits per heavy atom. The van der Waals surface area contributed by atoms with E-state index in [-0.39, 0.29) is 23.7 Å². The smallest absolute Gasteiger partial charge is 0.163 e. The maximum absolute atomic E-state index is 12.4. The largest absolute Gasteiger partial charge is 0.504 e. The van der Waals surface area contributed by atoms with Gasteiger partial charge in [0.15, 0.2) is 17.3 Å². The Bertz CT molecular complexity index is 997. The molecular formula is C30H42N2O4. The third kappa shape index (κ3) is 11.1. The molecule has 0 amide bonds. The molecule has 6 heteroatoms. The lowest BCUT2D eigenvalue weighted by atomic mass is 9.98. The number of nitrogens with zero attached hydrogens (tertiary/aromatic N) is 1. The summed E-state index contributed by atoms with van der Waals surface area (Å²) in [5.74, 6) is 1.31. The van der Waals surface area contributed by atoms with Crippen molar-refractivity contribution < 1.29 is 19.4 Å². The molecule has 196 valence electrons. The van der Waals surface area contributed by atoms with Crippen LogP contribution in [0.1, 0.15) is 94.7 Å². The molecule has 0 bridgehead atoms. The van der Waals surface area contributed by atoms with Crippen molar-refractivity contribution >= 4 is 23.5 Å². The molecule has 1 aromatic carbocycles. The van der Waals surface area contributed by atoms with Crippen molar-refractivity contribution in [2.45, 2.75) is 84.5 Å². The van der Waals surface area contributed by atoms with Gasteiger partial charge in [0.2, 0.25) is 0 Å². The minimum absolute atomic E-state index is 0.0157. The number of carbonyl (C=O) groups is 2. The summed E-state index contributed by atoms with van der Waals surface area (Å²) in [6.45, 7) is 4.53. The zero-order chi connectivity index (χ0) is 26.3. The van der Waals surface area contributed by atoms with Gasteiger partial charge in [-0.25, -0.2) is 4.98 Å². The number of aromatic hydroxyl groups is 1. The van der Waals surface area contributed by atoms with Crippen molar-refractivity contribution in [3.63, 3.8) is 0 Å². The second kappa shape index (κ2) is 15.8. The van der Waals surface area contributed by atoms with Gasteiger partial charge in [0.05, 0.1) is 13.5 Å². The van der Waals surface area contributed by atoms with E-state index in [0.717, 1.165) is 41.9 Å². The van der Waals surface area contributed by atoms with E-state index in [9.17, 15) is 14.7 Å². The number of nitrogen functional groups attached to an aromatic ring is 1. The van der Waals surface area contributed by atoms with Crippen LogP contribution in [-0.2, 0) is 16.0 Å². The molecule has 0 saturated heterocycles. The molecule has 0 atom stereocenters. The molecule has 0 aliphatic rings. The van der Waals surface area contributed by atoms with Crippen LogP contribution in [0.25, 0.3) is 6.08 Å². The first-order chi connectivity index (χ1) is 17.3. The SMILES string of the molecule is COc1cc(C=CC(=O)CC(=O)CCCCCCCCCC(C)C)c(Cc2ccc(N)nc2)cc1O. The lowest BCUT2D eigenvalue weighted by Crippen LogP contribution is -2.05. The number of pyridine rings is 1. The number of ketones is 2. The Morgan fingerprint density at radius 2 is 1.75 bits per heavy atom. The predicted molar refractivity (Wildman–Crippen MR) is 146 cm³/mol. The number of Topliss-reactive ketones (excluding diaryl/α,β-unsaturated/α-hetero) is 1. The number of carbonyl (C=O) groups excluding carboxylic acids is 2. The third-order valence-corrected chi connectivity index (χ3v) is 6.24. The molecule has 3 N–H and O–H groups in total. The monoisotopic (exact) mass is 494 g/mol. The number of phenolic OH excluding ortho intramolecular Hbond substituents is 1. The Balaban J connectivity index is 1.82. The van der Waals surface area contributed by atoms with Crippen molar-refractivity contribution in [3.05, 3.63) is 53.2 Å². The van der Waals surface area contributed by atoms with Crippen LogP contribution >= 0.6 is 0 Å². The quantitative estimate of drug-likeness (QED) is 0.144. The van der Waals surface area contributed by atoms with E-state index in [2.05, 4.69) is 18.8 Å². The lowest BCUT2D eigenvalue weighted by molar-refractivity contribution is -0.124. The summed E-state index contributed by atoms with van der Waals surface area (Å²) in [5.41, 5.74) is 8.12. The van der Waals surface area contributed by atoms with Gasteiger partial charge in [0.1, 0.15) is 11.6 Å². The molecular weight excluding hydrogens is 452 g/mol. The number of nitrogens with two attached hydrogens (primary N) is 1. The highest BCUT2D eigenvalue weighted by molar-refractivity contribution is 6.06. The van der Waals surface area contributed by atoms with Gasteiger partial charge in [0.25, 0.3) is 0 Å².